The third-order valence-electron chi connectivity index (χ3n) is 1.93. The van der Waals surface area contributed by atoms with Crippen LogP contribution in [0.2, 0.25) is 0 Å². The van der Waals surface area contributed by atoms with Crippen molar-refractivity contribution in [2.24, 2.45) is 16.5 Å². The normalized spacial score (nSPS) is 9.64. The molecule has 0 atom stereocenters. The summed E-state index contributed by atoms with van der Waals surface area (Å²) in [6.07, 6.45) is 0. The van der Waals surface area contributed by atoms with E-state index in [1.807, 2.05) is 37.2 Å². The van der Waals surface area contributed by atoms with Crippen molar-refractivity contribution in [3.63, 3.8) is 0 Å². The van der Waals surface area contributed by atoms with Crippen LogP contribution in [0, 0.1) is 6.92 Å². The molecule has 0 spiro atoms. The van der Waals surface area contributed by atoms with Crippen LogP contribution in [-0.2, 0) is 0 Å². The van der Waals surface area contributed by atoms with Crippen molar-refractivity contribution in [1.29, 1.82) is 0 Å². The molecule has 0 unspecified atom stereocenters. The Morgan fingerprint density at radius 2 is 1.93 bits per heavy atom. The quantitative estimate of drug-likeness (QED) is 0.542. The van der Waals surface area contributed by atoms with E-state index < -0.39 is 0 Å². The van der Waals surface area contributed by atoms with Gasteiger partial charge in [0, 0.05) is 19.8 Å². The Bertz CT molecular complexity index is 351. The summed E-state index contributed by atoms with van der Waals surface area (Å²) in [6, 6.07) is 5.84. The monoisotopic (exact) mass is 192 g/mol. The van der Waals surface area contributed by atoms with Crippen LogP contribution in [-0.4, -0.2) is 20.1 Å². The molecule has 0 aliphatic heterocycles. The highest BCUT2D eigenvalue weighted by molar-refractivity contribution is 5.79. The van der Waals surface area contributed by atoms with E-state index in [-0.39, 0.29) is 5.96 Å². The van der Waals surface area contributed by atoms with E-state index in [1.165, 1.54) is 5.56 Å². The van der Waals surface area contributed by atoms with Gasteiger partial charge in [0.1, 0.15) is 0 Å². The van der Waals surface area contributed by atoms with Crippen molar-refractivity contribution in [2.45, 2.75) is 6.92 Å². The number of hydrogen-bond acceptors (Lipinski definition) is 2. The average Bonchev–Trinajstić information content (AvgIpc) is 2.07. The molecule has 0 bridgehead atoms. The summed E-state index contributed by atoms with van der Waals surface area (Å²) in [4.78, 5) is 6.02. The molecule has 1 aromatic carbocycles. The number of anilines is 1. The summed E-state index contributed by atoms with van der Waals surface area (Å²) in [5.41, 5.74) is 13.7. The zero-order chi connectivity index (χ0) is 10.7. The summed E-state index contributed by atoms with van der Waals surface area (Å²) in [6.45, 7) is 2.05. The fraction of sp³-hybridized carbons (Fsp3) is 0.300. The molecule has 0 saturated heterocycles. The van der Waals surface area contributed by atoms with Gasteiger partial charge >= 0.3 is 0 Å². The van der Waals surface area contributed by atoms with Crippen LogP contribution in [0.25, 0.3) is 0 Å². The van der Waals surface area contributed by atoms with Crippen LogP contribution in [0.1, 0.15) is 5.56 Å². The highest BCUT2D eigenvalue weighted by Gasteiger charge is 2.01. The van der Waals surface area contributed by atoms with Crippen LogP contribution in [0.15, 0.2) is 23.2 Å². The Labute approximate surface area is 84.2 Å². The van der Waals surface area contributed by atoms with Crippen molar-refractivity contribution in [3.05, 3.63) is 23.8 Å². The number of nitrogens with zero attached hydrogens (tertiary/aromatic N) is 2. The lowest BCUT2D eigenvalue weighted by atomic mass is 10.1. The smallest absolute Gasteiger partial charge is 0.191 e. The first kappa shape index (κ1) is 10.4. The van der Waals surface area contributed by atoms with Crippen molar-refractivity contribution >= 4 is 17.3 Å². The minimum absolute atomic E-state index is 0.0820. The Morgan fingerprint density at radius 1 is 1.29 bits per heavy atom. The van der Waals surface area contributed by atoms with E-state index >= 15 is 0 Å². The average molecular weight is 192 g/mol. The molecule has 0 heterocycles. The number of guanidine groups is 1. The van der Waals surface area contributed by atoms with Crippen LogP contribution >= 0.6 is 0 Å². The number of benzene rings is 1. The number of hydrogen-bond donors (Lipinski definition) is 2. The number of nitrogens with two attached hydrogens (primary N) is 2. The number of aryl methyl sites for hydroxylation is 1. The van der Waals surface area contributed by atoms with E-state index in [0.717, 1.165) is 11.4 Å². The Hall–Kier alpha value is -1.71. The van der Waals surface area contributed by atoms with Gasteiger partial charge < -0.3 is 16.4 Å². The van der Waals surface area contributed by atoms with Crippen molar-refractivity contribution < 1.29 is 0 Å². The van der Waals surface area contributed by atoms with E-state index in [4.69, 9.17) is 11.5 Å². The molecule has 0 radical (unpaired) electrons. The van der Waals surface area contributed by atoms with E-state index in [9.17, 15) is 0 Å². The molecule has 0 amide bonds. The van der Waals surface area contributed by atoms with E-state index in [2.05, 4.69) is 11.9 Å². The summed E-state index contributed by atoms with van der Waals surface area (Å²) in [7, 11) is 3.98. The zero-order valence-corrected chi connectivity index (χ0v) is 8.78. The van der Waals surface area contributed by atoms with Crippen molar-refractivity contribution in [1.82, 2.24) is 0 Å². The lowest BCUT2D eigenvalue weighted by molar-refractivity contribution is 1.11. The molecule has 0 aliphatic rings. The maximum atomic E-state index is 5.30. The molecular weight excluding hydrogens is 176 g/mol. The van der Waals surface area contributed by atoms with Gasteiger partial charge in [0.15, 0.2) is 5.96 Å². The molecule has 4 heteroatoms. The van der Waals surface area contributed by atoms with Crippen LogP contribution < -0.4 is 16.4 Å². The Morgan fingerprint density at radius 3 is 2.43 bits per heavy atom. The second-order valence-electron chi connectivity index (χ2n) is 3.40. The summed E-state index contributed by atoms with van der Waals surface area (Å²) in [5, 5.41) is 0. The Kier molecular flexibility index (Phi) is 2.96. The summed E-state index contributed by atoms with van der Waals surface area (Å²) < 4.78 is 0. The third-order valence-corrected chi connectivity index (χ3v) is 1.93. The highest BCUT2D eigenvalue weighted by Crippen LogP contribution is 2.23. The van der Waals surface area contributed by atoms with Gasteiger partial charge in [-0.25, -0.2) is 4.99 Å². The molecule has 0 fully saturated rings. The maximum Gasteiger partial charge on any atom is 0.191 e. The standard InChI is InChI=1S/C10H16N4/c1-7-4-5-8(13-10(11)12)6-9(7)14(2)3/h4-6H,1-3H3,(H4,11,12,13). The predicted octanol–water partition coefficient (Wildman–Crippen LogP) is 0.966. The fourth-order valence-corrected chi connectivity index (χ4v) is 1.30. The molecule has 0 aromatic heterocycles. The van der Waals surface area contributed by atoms with Gasteiger partial charge in [-0.05, 0) is 24.6 Å². The fourth-order valence-electron chi connectivity index (χ4n) is 1.30. The van der Waals surface area contributed by atoms with Gasteiger partial charge in [0.25, 0.3) is 0 Å². The molecule has 0 aliphatic carbocycles. The molecule has 1 aromatic rings. The molecule has 4 N–H and O–H groups in total. The van der Waals surface area contributed by atoms with E-state index in [0.29, 0.717) is 0 Å². The predicted molar refractivity (Wildman–Crippen MR) is 61.0 cm³/mol. The van der Waals surface area contributed by atoms with Gasteiger partial charge in [-0.3, -0.25) is 0 Å². The molecule has 76 valence electrons. The molecule has 4 nitrogen and oxygen atoms in total. The number of rotatable bonds is 2. The molecule has 14 heavy (non-hydrogen) atoms. The first-order valence-electron chi connectivity index (χ1n) is 4.38. The maximum absolute atomic E-state index is 5.30. The second-order valence-corrected chi connectivity index (χ2v) is 3.40. The Balaban J connectivity index is 3.13. The molecular formula is C10H16N4. The molecule has 1 rings (SSSR count). The largest absolute Gasteiger partial charge is 0.377 e. The lowest BCUT2D eigenvalue weighted by Gasteiger charge is -2.15. The SMILES string of the molecule is Cc1ccc(N=C(N)N)cc1N(C)C. The van der Waals surface area contributed by atoms with Crippen molar-refractivity contribution in [2.75, 3.05) is 19.0 Å². The topological polar surface area (TPSA) is 67.6 Å². The first-order valence-corrected chi connectivity index (χ1v) is 4.38. The minimum atomic E-state index is 0.0820. The van der Waals surface area contributed by atoms with Crippen molar-refractivity contribution in [3.8, 4) is 0 Å². The van der Waals surface area contributed by atoms with E-state index in [1.54, 1.807) is 0 Å². The minimum Gasteiger partial charge on any atom is -0.377 e. The molecule has 0 saturated carbocycles. The van der Waals surface area contributed by atoms with Gasteiger partial charge in [0.2, 0.25) is 0 Å². The zero-order valence-electron chi connectivity index (χ0n) is 8.78. The van der Waals surface area contributed by atoms with Crippen LogP contribution in [0.3, 0.4) is 0 Å². The van der Waals surface area contributed by atoms with Gasteiger partial charge in [-0.1, -0.05) is 6.07 Å². The van der Waals surface area contributed by atoms with Gasteiger partial charge in [-0.2, -0.15) is 0 Å². The van der Waals surface area contributed by atoms with Gasteiger partial charge in [-0.15, -0.1) is 0 Å². The second kappa shape index (κ2) is 4.00. The van der Waals surface area contributed by atoms with Gasteiger partial charge in [0.05, 0.1) is 5.69 Å². The summed E-state index contributed by atoms with van der Waals surface area (Å²) in [5.74, 6) is 0.0820. The van der Waals surface area contributed by atoms with Crippen LogP contribution in [0.4, 0.5) is 11.4 Å². The highest BCUT2D eigenvalue weighted by atomic mass is 15.1. The number of aliphatic imine (C=N–C) groups is 1. The summed E-state index contributed by atoms with van der Waals surface area (Å²) >= 11 is 0. The first-order chi connectivity index (χ1) is 6.50. The van der Waals surface area contributed by atoms with Crippen LogP contribution in [0.5, 0.6) is 0 Å². The third kappa shape index (κ3) is 2.39. The lowest BCUT2D eigenvalue weighted by Crippen LogP contribution is -2.21.